The van der Waals surface area contributed by atoms with Crippen molar-refractivity contribution < 1.29 is 0 Å². The summed E-state index contributed by atoms with van der Waals surface area (Å²) in [6.45, 7) is 6.17. The summed E-state index contributed by atoms with van der Waals surface area (Å²) in [7, 11) is 1.90. The summed E-state index contributed by atoms with van der Waals surface area (Å²) in [4.78, 5) is 4.20. The van der Waals surface area contributed by atoms with Gasteiger partial charge in [-0.3, -0.25) is 0 Å². The second-order valence-electron chi connectivity index (χ2n) is 2.51. The maximum Gasteiger partial charge on any atom is 0.128 e. The monoisotopic (exact) mass is 180 g/mol. The molecule has 1 heterocycles. The Morgan fingerprint density at radius 2 is 2.08 bits per heavy atom. The van der Waals surface area contributed by atoms with Crippen LogP contribution in [0.3, 0.4) is 0 Å². The number of nitrogens with one attached hydrogen (secondary N) is 1. The van der Waals surface area contributed by atoms with E-state index < -0.39 is 0 Å². The smallest absolute Gasteiger partial charge is 0.128 e. The van der Waals surface area contributed by atoms with Crippen LogP contribution < -0.4 is 5.32 Å². The van der Waals surface area contributed by atoms with Crippen LogP contribution in [0.5, 0.6) is 0 Å². The third-order valence-electron chi connectivity index (χ3n) is 1.65. The van der Waals surface area contributed by atoms with Gasteiger partial charge in [-0.1, -0.05) is 33.3 Å². The number of rotatable bonds is 3. The molecule has 0 saturated carbocycles. The van der Waals surface area contributed by atoms with Gasteiger partial charge in [-0.05, 0) is 18.1 Å². The van der Waals surface area contributed by atoms with E-state index >= 15 is 0 Å². The van der Waals surface area contributed by atoms with Gasteiger partial charge in [-0.2, -0.15) is 0 Å². The molecule has 13 heavy (non-hydrogen) atoms. The van der Waals surface area contributed by atoms with Gasteiger partial charge in [0.25, 0.3) is 0 Å². The molecule has 1 rings (SSSR count). The third kappa shape index (κ3) is 3.92. The van der Waals surface area contributed by atoms with Crippen molar-refractivity contribution in [1.29, 1.82) is 0 Å². The summed E-state index contributed by atoms with van der Waals surface area (Å²) < 4.78 is 0. The fraction of sp³-hybridized carbons (Fsp3) is 0.545. The molecule has 0 radical (unpaired) electrons. The van der Waals surface area contributed by atoms with Gasteiger partial charge in [0.2, 0.25) is 0 Å². The maximum atomic E-state index is 4.20. The second-order valence-corrected chi connectivity index (χ2v) is 2.51. The van der Waals surface area contributed by atoms with Crippen molar-refractivity contribution >= 4 is 5.82 Å². The predicted octanol–water partition coefficient (Wildman–Crippen LogP) is 3.10. The van der Waals surface area contributed by atoms with Gasteiger partial charge in [-0.25, -0.2) is 4.98 Å². The zero-order chi connectivity index (χ0) is 10.1. The highest BCUT2D eigenvalue weighted by Crippen LogP contribution is 2.11. The minimum atomic E-state index is 1.01. The van der Waals surface area contributed by atoms with Crippen LogP contribution in [-0.4, -0.2) is 12.0 Å². The third-order valence-corrected chi connectivity index (χ3v) is 1.65. The first-order chi connectivity index (χ1) is 6.38. The molecular formula is C11H20N2. The van der Waals surface area contributed by atoms with Crippen molar-refractivity contribution in [1.82, 2.24) is 4.98 Å². The second kappa shape index (κ2) is 7.59. The number of pyridine rings is 1. The van der Waals surface area contributed by atoms with E-state index in [1.807, 2.05) is 33.2 Å². The molecule has 0 spiro atoms. The summed E-state index contributed by atoms with van der Waals surface area (Å²) in [5, 5.41) is 3.07. The highest BCUT2D eigenvalue weighted by molar-refractivity contribution is 5.42. The first-order valence-electron chi connectivity index (χ1n) is 5.00. The van der Waals surface area contributed by atoms with Crippen LogP contribution in [0.15, 0.2) is 18.3 Å². The Morgan fingerprint density at radius 3 is 2.62 bits per heavy atom. The van der Waals surface area contributed by atoms with Crippen LogP contribution in [-0.2, 0) is 6.42 Å². The van der Waals surface area contributed by atoms with E-state index in [0.717, 1.165) is 12.2 Å². The Hall–Kier alpha value is -1.05. The van der Waals surface area contributed by atoms with Gasteiger partial charge in [0.05, 0.1) is 0 Å². The first kappa shape index (κ1) is 11.9. The Morgan fingerprint density at radius 1 is 1.38 bits per heavy atom. The van der Waals surface area contributed by atoms with Crippen molar-refractivity contribution in [3.63, 3.8) is 0 Å². The predicted molar refractivity (Wildman–Crippen MR) is 59.1 cm³/mol. The van der Waals surface area contributed by atoms with Crippen LogP contribution in [0.4, 0.5) is 5.82 Å². The van der Waals surface area contributed by atoms with Gasteiger partial charge in [0.15, 0.2) is 0 Å². The van der Waals surface area contributed by atoms with E-state index in [1.165, 1.54) is 12.0 Å². The van der Waals surface area contributed by atoms with Gasteiger partial charge < -0.3 is 5.32 Å². The molecule has 0 bridgehead atoms. The maximum absolute atomic E-state index is 4.20. The van der Waals surface area contributed by atoms with Crippen molar-refractivity contribution in [3.05, 3.63) is 23.9 Å². The molecule has 1 aromatic heterocycles. The van der Waals surface area contributed by atoms with Crippen molar-refractivity contribution in [2.45, 2.75) is 33.6 Å². The number of hydrogen-bond acceptors (Lipinski definition) is 2. The van der Waals surface area contributed by atoms with Gasteiger partial charge in [-0.15, -0.1) is 0 Å². The lowest BCUT2D eigenvalue weighted by molar-refractivity contribution is 0.915. The van der Waals surface area contributed by atoms with Crippen molar-refractivity contribution in [2.24, 2.45) is 0 Å². The van der Waals surface area contributed by atoms with Crippen LogP contribution >= 0.6 is 0 Å². The van der Waals surface area contributed by atoms with E-state index in [0.29, 0.717) is 0 Å². The van der Waals surface area contributed by atoms with E-state index in [2.05, 4.69) is 23.3 Å². The molecule has 0 aliphatic carbocycles. The molecule has 0 fully saturated rings. The van der Waals surface area contributed by atoms with Gasteiger partial charge in [0, 0.05) is 13.2 Å². The highest BCUT2D eigenvalue weighted by atomic mass is 15.0. The number of hydrogen-bond donors (Lipinski definition) is 1. The summed E-state index contributed by atoms with van der Waals surface area (Å²) in [6, 6.07) is 4.09. The summed E-state index contributed by atoms with van der Waals surface area (Å²) in [5.74, 6) is 1.01. The fourth-order valence-corrected chi connectivity index (χ4v) is 1.13. The van der Waals surface area contributed by atoms with E-state index in [4.69, 9.17) is 0 Å². The minimum Gasteiger partial charge on any atom is -0.373 e. The van der Waals surface area contributed by atoms with Crippen LogP contribution in [0.2, 0.25) is 0 Å². The van der Waals surface area contributed by atoms with Crippen molar-refractivity contribution in [2.75, 3.05) is 12.4 Å². The molecule has 1 aromatic rings. The van der Waals surface area contributed by atoms with Gasteiger partial charge in [0.1, 0.15) is 5.82 Å². The number of aromatic nitrogens is 1. The molecule has 0 aromatic carbocycles. The minimum absolute atomic E-state index is 1.01. The molecular weight excluding hydrogens is 160 g/mol. The first-order valence-corrected chi connectivity index (χ1v) is 5.00. The average Bonchev–Trinajstić information content (AvgIpc) is 2.22. The normalized spacial score (nSPS) is 8.62. The molecule has 0 unspecified atom stereocenters. The Kier molecular flexibility index (Phi) is 6.98. The lowest BCUT2D eigenvalue weighted by atomic mass is 10.1. The topological polar surface area (TPSA) is 24.9 Å². The fourth-order valence-electron chi connectivity index (χ4n) is 1.13. The zero-order valence-corrected chi connectivity index (χ0v) is 9.09. The van der Waals surface area contributed by atoms with Crippen LogP contribution in [0.25, 0.3) is 0 Å². The SMILES string of the molecule is CC.CCCc1cccnc1NC. The molecule has 0 amide bonds. The highest BCUT2D eigenvalue weighted by Gasteiger charge is 1.97. The molecule has 0 saturated heterocycles. The van der Waals surface area contributed by atoms with Crippen LogP contribution in [0.1, 0.15) is 32.8 Å². The molecule has 1 N–H and O–H groups in total. The molecule has 2 nitrogen and oxygen atoms in total. The number of anilines is 1. The molecule has 0 atom stereocenters. The lowest BCUT2D eigenvalue weighted by Crippen LogP contribution is -1.97. The van der Waals surface area contributed by atoms with Crippen molar-refractivity contribution in [3.8, 4) is 0 Å². The summed E-state index contributed by atoms with van der Waals surface area (Å²) >= 11 is 0. The van der Waals surface area contributed by atoms with Gasteiger partial charge >= 0.3 is 0 Å². The summed E-state index contributed by atoms with van der Waals surface area (Å²) in [5.41, 5.74) is 1.30. The number of nitrogens with zero attached hydrogens (tertiary/aromatic N) is 1. The Labute approximate surface area is 81.4 Å². The van der Waals surface area contributed by atoms with E-state index in [-0.39, 0.29) is 0 Å². The van der Waals surface area contributed by atoms with E-state index in [9.17, 15) is 0 Å². The zero-order valence-electron chi connectivity index (χ0n) is 9.09. The molecule has 0 aliphatic rings. The largest absolute Gasteiger partial charge is 0.373 e. The lowest BCUT2D eigenvalue weighted by Gasteiger charge is -2.04. The van der Waals surface area contributed by atoms with E-state index in [1.54, 1.807) is 0 Å². The molecule has 74 valence electrons. The average molecular weight is 180 g/mol. The Bertz CT molecular complexity index is 221. The number of aryl methyl sites for hydroxylation is 1. The molecule has 2 heteroatoms. The molecule has 0 aliphatic heterocycles. The Balaban J connectivity index is 0.000000671. The quantitative estimate of drug-likeness (QED) is 0.773. The standard InChI is InChI=1S/C9H14N2.C2H6/c1-3-5-8-6-4-7-11-9(8)10-2;1-2/h4,6-7H,3,5H2,1-2H3,(H,10,11);1-2H3. The summed E-state index contributed by atoms with van der Waals surface area (Å²) in [6.07, 6.45) is 4.08. The van der Waals surface area contributed by atoms with Crippen LogP contribution in [0, 0.1) is 0 Å².